The summed E-state index contributed by atoms with van der Waals surface area (Å²) in [5.41, 5.74) is 3.36. The number of hydrogen-bond acceptors (Lipinski definition) is 2. The van der Waals surface area contributed by atoms with E-state index >= 15 is 0 Å². The van der Waals surface area contributed by atoms with Crippen molar-refractivity contribution in [3.05, 3.63) is 34.9 Å². The molecular weight excluding hydrogens is 308 g/mol. The summed E-state index contributed by atoms with van der Waals surface area (Å²) < 4.78 is 0. The third-order valence-corrected chi connectivity index (χ3v) is 4.15. The molecule has 3 nitrogen and oxygen atoms in total. The fraction of sp³-hybridized carbons (Fsp3) is 0.579. The molecular formula is C19H29ClN2O. The highest BCUT2D eigenvalue weighted by Crippen LogP contribution is 2.12. The highest BCUT2D eigenvalue weighted by Gasteiger charge is 2.00. The van der Waals surface area contributed by atoms with Gasteiger partial charge in [-0.2, -0.15) is 5.10 Å². The number of nitrogens with zero attached hydrogens (tertiary/aromatic N) is 1. The van der Waals surface area contributed by atoms with E-state index in [4.69, 9.17) is 11.6 Å². The van der Waals surface area contributed by atoms with E-state index in [0.717, 1.165) is 18.4 Å². The number of rotatable bonds is 12. The van der Waals surface area contributed by atoms with E-state index in [1.807, 2.05) is 18.2 Å². The van der Waals surface area contributed by atoms with Crippen LogP contribution in [0.1, 0.15) is 76.7 Å². The molecule has 0 saturated heterocycles. The van der Waals surface area contributed by atoms with Crippen LogP contribution in [0.4, 0.5) is 0 Å². The van der Waals surface area contributed by atoms with Crippen molar-refractivity contribution in [3.8, 4) is 0 Å². The predicted octanol–water partition coefficient (Wildman–Crippen LogP) is 5.71. The zero-order valence-corrected chi connectivity index (χ0v) is 14.9. The second-order valence-electron chi connectivity index (χ2n) is 5.89. The fourth-order valence-corrected chi connectivity index (χ4v) is 2.59. The Morgan fingerprint density at radius 2 is 1.65 bits per heavy atom. The van der Waals surface area contributed by atoms with E-state index in [2.05, 4.69) is 17.5 Å². The number of benzene rings is 1. The third-order valence-electron chi connectivity index (χ3n) is 3.81. The van der Waals surface area contributed by atoms with Crippen LogP contribution < -0.4 is 5.43 Å². The zero-order valence-electron chi connectivity index (χ0n) is 14.2. The molecule has 0 aliphatic heterocycles. The molecule has 0 spiro atoms. The third kappa shape index (κ3) is 10.1. The largest absolute Gasteiger partial charge is 0.273 e. The Labute approximate surface area is 145 Å². The predicted molar refractivity (Wildman–Crippen MR) is 99.0 cm³/mol. The van der Waals surface area contributed by atoms with Crippen LogP contribution in [0, 0.1) is 0 Å². The lowest BCUT2D eigenvalue weighted by Gasteiger charge is -2.02. The molecule has 1 aromatic rings. The molecule has 0 atom stereocenters. The number of carbonyl (C=O) groups is 1. The summed E-state index contributed by atoms with van der Waals surface area (Å²) in [6.07, 6.45) is 13.4. The second kappa shape index (κ2) is 13.1. The van der Waals surface area contributed by atoms with E-state index < -0.39 is 0 Å². The topological polar surface area (TPSA) is 41.5 Å². The lowest BCUT2D eigenvalue weighted by molar-refractivity contribution is -0.121. The van der Waals surface area contributed by atoms with Gasteiger partial charge in [0.1, 0.15) is 0 Å². The zero-order chi connectivity index (χ0) is 16.8. The summed E-state index contributed by atoms with van der Waals surface area (Å²) in [7, 11) is 0. The van der Waals surface area contributed by atoms with Crippen molar-refractivity contribution < 1.29 is 4.79 Å². The van der Waals surface area contributed by atoms with Gasteiger partial charge >= 0.3 is 0 Å². The summed E-state index contributed by atoms with van der Waals surface area (Å²) in [4.78, 5) is 11.7. The molecule has 1 amide bonds. The molecule has 1 N–H and O–H groups in total. The molecule has 0 heterocycles. The van der Waals surface area contributed by atoms with Crippen molar-refractivity contribution in [3.63, 3.8) is 0 Å². The van der Waals surface area contributed by atoms with Crippen molar-refractivity contribution in [2.24, 2.45) is 5.10 Å². The number of carbonyl (C=O) groups excluding carboxylic acids is 1. The first-order valence-corrected chi connectivity index (χ1v) is 9.18. The molecule has 128 valence electrons. The summed E-state index contributed by atoms with van der Waals surface area (Å²) in [5.74, 6) is -0.0313. The first-order chi connectivity index (χ1) is 11.2. The Kier molecular flexibility index (Phi) is 11.2. The van der Waals surface area contributed by atoms with Crippen molar-refractivity contribution >= 4 is 23.7 Å². The first kappa shape index (κ1) is 19.7. The average molecular weight is 337 g/mol. The van der Waals surface area contributed by atoms with Crippen LogP contribution in [0.15, 0.2) is 29.4 Å². The average Bonchev–Trinajstić information content (AvgIpc) is 2.55. The van der Waals surface area contributed by atoms with Crippen LogP contribution in [0.3, 0.4) is 0 Å². The SMILES string of the molecule is CCCCCCCCCCCC(=O)NN=Cc1ccccc1Cl. The maximum Gasteiger partial charge on any atom is 0.240 e. The summed E-state index contributed by atoms with van der Waals surface area (Å²) >= 11 is 6.01. The van der Waals surface area contributed by atoms with E-state index in [-0.39, 0.29) is 5.91 Å². The monoisotopic (exact) mass is 336 g/mol. The standard InChI is InChI=1S/C19H29ClN2O/c1-2-3-4-5-6-7-8-9-10-15-19(23)22-21-16-17-13-11-12-14-18(17)20/h11-14,16H,2-10,15H2,1H3,(H,22,23). The van der Waals surface area contributed by atoms with Crippen LogP contribution in [0.5, 0.6) is 0 Å². The molecule has 0 aliphatic carbocycles. The number of unbranched alkanes of at least 4 members (excludes halogenated alkanes) is 8. The van der Waals surface area contributed by atoms with Gasteiger partial charge in [-0.15, -0.1) is 0 Å². The van der Waals surface area contributed by atoms with E-state index in [0.29, 0.717) is 11.4 Å². The molecule has 0 aromatic heterocycles. The maximum absolute atomic E-state index is 11.7. The van der Waals surface area contributed by atoms with Crippen LogP contribution in [0.2, 0.25) is 5.02 Å². The normalized spacial score (nSPS) is 11.0. The Morgan fingerprint density at radius 3 is 2.30 bits per heavy atom. The summed E-state index contributed by atoms with van der Waals surface area (Å²) in [6.45, 7) is 2.24. The lowest BCUT2D eigenvalue weighted by atomic mass is 10.1. The highest BCUT2D eigenvalue weighted by molar-refractivity contribution is 6.33. The number of hydrazone groups is 1. The molecule has 0 aliphatic rings. The van der Waals surface area contributed by atoms with Gasteiger partial charge in [0.2, 0.25) is 5.91 Å². The van der Waals surface area contributed by atoms with Crippen LogP contribution in [-0.2, 0) is 4.79 Å². The molecule has 0 radical (unpaired) electrons. The van der Waals surface area contributed by atoms with Gasteiger partial charge in [-0.05, 0) is 12.5 Å². The minimum Gasteiger partial charge on any atom is -0.273 e. The van der Waals surface area contributed by atoms with Gasteiger partial charge in [0.25, 0.3) is 0 Å². The maximum atomic E-state index is 11.7. The van der Waals surface area contributed by atoms with E-state index in [1.54, 1.807) is 12.3 Å². The van der Waals surface area contributed by atoms with Crippen LogP contribution in [0.25, 0.3) is 0 Å². The quantitative estimate of drug-likeness (QED) is 0.296. The van der Waals surface area contributed by atoms with Gasteiger partial charge in [-0.25, -0.2) is 5.43 Å². The van der Waals surface area contributed by atoms with Gasteiger partial charge in [-0.3, -0.25) is 4.79 Å². The molecule has 0 unspecified atom stereocenters. The highest BCUT2D eigenvalue weighted by atomic mass is 35.5. The molecule has 1 aromatic carbocycles. The van der Waals surface area contributed by atoms with Crippen molar-refractivity contribution in [1.82, 2.24) is 5.43 Å². The number of nitrogens with one attached hydrogen (secondary N) is 1. The van der Waals surface area contributed by atoms with Gasteiger partial charge in [0.15, 0.2) is 0 Å². The number of hydrogen-bond donors (Lipinski definition) is 1. The molecule has 4 heteroatoms. The minimum absolute atomic E-state index is 0.0313. The molecule has 1 rings (SSSR count). The van der Waals surface area contributed by atoms with Gasteiger partial charge in [0.05, 0.1) is 6.21 Å². The van der Waals surface area contributed by atoms with Gasteiger partial charge in [0, 0.05) is 17.0 Å². The Morgan fingerprint density at radius 1 is 1.04 bits per heavy atom. The van der Waals surface area contributed by atoms with E-state index in [1.165, 1.54) is 44.9 Å². The first-order valence-electron chi connectivity index (χ1n) is 8.80. The minimum atomic E-state index is -0.0313. The van der Waals surface area contributed by atoms with Crippen LogP contribution >= 0.6 is 11.6 Å². The fourth-order valence-electron chi connectivity index (χ4n) is 2.41. The Bertz CT molecular complexity index is 474. The molecule has 0 bridgehead atoms. The van der Waals surface area contributed by atoms with Gasteiger partial charge in [-0.1, -0.05) is 88.1 Å². The Balaban J connectivity index is 2.01. The second-order valence-corrected chi connectivity index (χ2v) is 6.30. The summed E-state index contributed by atoms with van der Waals surface area (Å²) in [6, 6.07) is 7.41. The van der Waals surface area contributed by atoms with E-state index in [9.17, 15) is 4.79 Å². The molecule has 23 heavy (non-hydrogen) atoms. The molecule has 0 saturated carbocycles. The Hall–Kier alpha value is -1.35. The van der Waals surface area contributed by atoms with Crippen molar-refractivity contribution in [2.75, 3.05) is 0 Å². The van der Waals surface area contributed by atoms with Crippen molar-refractivity contribution in [2.45, 2.75) is 71.1 Å². The van der Waals surface area contributed by atoms with Crippen molar-refractivity contribution in [1.29, 1.82) is 0 Å². The smallest absolute Gasteiger partial charge is 0.240 e. The summed E-state index contributed by atoms with van der Waals surface area (Å²) in [5, 5.41) is 4.58. The van der Waals surface area contributed by atoms with Crippen LogP contribution in [-0.4, -0.2) is 12.1 Å². The number of amides is 1. The number of halogens is 1. The molecule has 0 fully saturated rings. The van der Waals surface area contributed by atoms with Gasteiger partial charge < -0.3 is 0 Å². The lowest BCUT2D eigenvalue weighted by Crippen LogP contribution is -2.16.